The fraction of sp³-hybridized carbons (Fsp3) is 0.167. The van der Waals surface area contributed by atoms with E-state index in [0.29, 0.717) is 17.1 Å². The first kappa shape index (κ1) is 20.4. The average molecular weight is 386 g/mol. The van der Waals surface area contributed by atoms with Gasteiger partial charge in [-0.3, -0.25) is 19.7 Å². The zero-order valence-electron chi connectivity index (χ0n) is 15.1. The van der Waals surface area contributed by atoms with Gasteiger partial charge in [-0.1, -0.05) is 0 Å². The molecule has 2 aromatic rings. The Bertz CT molecular complexity index is 911. The molecule has 0 heterocycles. The van der Waals surface area contributed by atoms with Crippen LogP contribution in [0, 0.1) is 10.1 Å². The van der Waals surface area contributed by atoms with Crippen molar-refractivity contribution in [1.82, 2.24) is 0 Å². The van der Waals surface area contributed by atoms with Crippen molar-refractivity contribution in [3.8, 4) is 0 Å². The van der Waals surface area contributed by atoms with Crippen LogP contribution < -0.4 is 16.0 Å². The lowest BCUT2D eigenvalue weighted by molar-refractivity contribution is -0.384. The number of nitro groups is 1. The van der Waals surface area contributed by atoms with Gasteiger partial charge < -0.3 is 20.7 Å². The molecule has 0 spiro atoms. The molecule has 0 radical (unpaired) electrons. The molecule has 0 fully saturated rings. The Morgan fingerprint density at radius 1 is 1.04 bits per heavy atom. The Labute approximate surface area is 160 Å². The molecule has 0 unspecified atom stereocenters. The molecule has 2 amide bonds. The van der Waals surface area contributed by atoms with E-state index in [2.05, 4.69) is 16.0 Å². The molecule has 2 rings (SSSR count). The maximum atomic E-state index is 12.2. The van der Waals surface area contributed by atoms with Gasteiger partial charge in [0.15, 0.2) is 6.61 Å². The molecular weight excluding hydrogens is 368 g/mol. The van der Waals surface area contributed by atoms with Crippen LogP contribution in [-0.2, 0) is 14.3 Å². The highest BCUT2D eigenvalue weighted by molar-refractivity contribution is 5.99. The SMILES string of the molecule is CNc1ccc([N+](=O)[O-])cc1C(=O)OCC(=O)Nc1ccc(NC(C)=O)cc1. The van der Waals surface area contributed by atoms with Crippen LogP contribution in [0.25, 0.3) is 0 Å². The summed E-state index contributed by atoms with van der Waals surface area (Å²) in [4.78, 5) is 45.4. The smallest absolute Gasteiger partial charge is 0.341 e. The first-order chi connectivity index (χ1) is 13.3. The number of nitro benzene ring substituents is 1. The van der Waals surface area contributed by atoms with Crippen molar-refractivity contribution in [2.24, 2.45) is 0 Å². The van der Waals surface area contributed by atoms with Gasteiger partial charge in [-0.2, -0.15) is 0 Å². The maximum Gasteiger partial charge on any atom is 0.341 e. The van der Waals surface area contributed by atoms with E-state index < -0.39 is 23.4 Å². The molecule has 0 aliphatic rings. The van der Waals surface area contributed by atoms with Crippen LogP contribution in [0.5, 0.6) is 0 Å². The van der Waals surface area contributed by atoms with Crippen LogP contribution >= 0.6 is 0 Å². The van der Waals surface area contributed by atoms with E-state index in [1.165, 1.54) is 19.1 Å². The molecule has 2 aromatic carbocycles. The first-order valence-corrected chi connectivity index (χ1v) is 8.11. The number of ether oxygens (including phenoxy) is 1. The van der Waals surface area contributed by atoms with Crippen molar-refractivity contribution in [2.45, 2.75) is 6.92 Å². The molecular formula is C18H18N4O6. The molecule has 0 bridgehead atoms. The van der Waals surface area contributed by atoms with E-state index in [1.54, 1.807) is 31.3 Å². The summed E-state index contributed by atoms with van der Waals surface area (Å²) in [6, 6.07) is 10.1. The van der Waals surface area contributed by atoms with Crippen LogP contribution in [-0.4, -0.2) is 36.4 Å². The van der Waals surface area contributed by atoms with Gasteiger partial charge in [0.1, 0.15) is 0 Å². The number of esters is 1. The minimum absolute atomic E-state index is 0.0517. The number of amides is 2. The number of benzene rings is 2. The van der Waals surface area contributed by atoms with Gasteiger partial charge in [0, 0.05) is 43.2 Å². The summed E-state index contributed by atoms with van der Waals surface area (Å²) in [5, 5.41) is 18.7. The molecule has 0 saturated carbocycles. The number of non-ortho nitro benzene ring substituents is 1. The third-order valence-electron chi connectivity index (χ3n) is 3.53. The van der Waals surface area contributed by atoms with Crippen molar-refractivity contribution in [2.75, 3.05) is 29.6 Å². The first-order valence-electron chi connectivity index (χ1n) is 8.11. The molecule has 3 N–H and O–H groups in total. The van der Waals surface area contributed by atoms with Gasteiger partial charge in [-0.15, -0.1) is 0 Å². The number of hydrogen-bond donors (Lipinski definition) is 3. The van der Waals surface area contributed by atoms with Gasteiger partial charge in [-0.25, -0.2) is 4.79 Å². The number of nitrogens with one attached hydrogen (secondary N) is 3. The molecule has 28 heavy (non-hydrogen) atoms. The van der Waals surface area contributed by atoms with Crippen LogP contribution in [0.1, 0.15) is 17.3 Å². The summed E-state index contributed by atoms with van der Waals surface area (Å²) in [5.41, 5.74) is 1.03. The fourth-order valence-electron chi connectivity index (χ4n) is 2.28. The van der Waals surface area contributed by atoms with Crippen LogP contribution in [0.15, 0.2) is 42.5 Å². The summed E-state index contributed by atoms with van der Waals surface area (Å²) in [6.45, 7) is 0.809. The van der Waals surface area contributed by atoms with Crippen LogP contribution in [0.3, 0.4) is 0 Å². The molecule has 10 nitrogen and oxygen atoms in total. The zero-order chi connectivity index (χ0) is 20.7. The second kappa shape index (κ2) is 9.12. The largest absolute Gasteiger partial charge is 0.452 e. The highest BCUT2D eigenvalue weighted by atomic mass is 16.6. The molecule has 0 aromatic heterocycles. The van der Waals surface area contributed by atoms with Crippen molar-refractivity contribution < 1.29 is 24.0 Å². The Kier molecular flexibility index (Phi) is 6.63. The van der Waals surface area contributed by atoms with Gasteiger partial charge >= 0.3 is 5.97 Å². The lowest BCUT2D eigenvalue weighted by Gasteiger charge is -2.10. The van der Waals surface area contributed by atoms with Gasteiger partial charge in [0.25, 0.3) is 11.6 Å². The van der Waals surface area contributed by atoms with Crippen LogP contribution in [0.4, 0.5) is 22.7 Å². The number of carbonyl (C=O) groups is 3. The summed E-state index contributed by atoms with van der Waals surface area (Å²) < 4.78 is 4.95. The third-order valence-corrected chi connectivity index (χ3v) is 3.53. The van der Waals surface area contributed by atoms with Crippen molar-refractivity contribution in [1.29, 1.82) is 0 Å². The molecule has 0 atom stereocenters. The molecule has 0 aliphatic carbocycles. The Morgan fingerprint density at radius 2 is 1.64 bits per heavy atom. The lowest BCUT2D eigenvalue weighted by Crippen LogP contribution is -2.21. The Morgan fingerprint density at radius 3 is 2.18 bits per heavy atom. The quantitative estimate of drug-likeness (QED) is 0.377. The normalized spacial score (nSPS) is 9.93. The lowest BCUT2D eigenvalue weighted by atomic mass is 10.1. The fourth-order valence-corrected chi connectivity index (χ4v) is 2.28. The predicted molar refractivity (Wildman–Crippen MR) is 102 cm³/mol. The van der Waals surface area contributed by atoms with Crippen molar-refractivity contribution >= 4 is 40.5 Å². The Hall–Kier alpha value is -3.95. The highest BCUT2D eigenvalue weighted by Crippen LogP contribution is 2.22. The predicted octanol–water partition coefficient (Wildman–Crippen LogP) is 2.39. The second-order valence-corrected chi connectivity index (χ2v) is 5.62. The highest BCUT2D eigenvalue weighted by Gasteiger charge is 2.18. The second-order valence-electron chi connectivity index (χ2n) is 5.62. The van der Waals surface area contributed by atoms with Crippen molar-refractivity contribution in [3.63, 3.8) is 0 Å². The number of hydrogen-bond acceptors (Lipinski definition) is 7. The van der Waals surface area contributed by atoms with Crippen molar-refractivity contribution in [3.05, 3.63) is 58.1 Å². The third kappa shape index (κ3) is 5.53. The summed E-state index contributed by atoms with van der Waals surface area (Å²) >= 11 is 0. The van der Waals surface area contributed by atoms with Crippen LogP contribution in [0.2, 0.25) is 0 Å². The molecule has 0 saturated heterocycles. The molecule has 146 valence electrons. The van der Waals surface area contributed by atoms with E-state index in [1.807, 2.05) is 0 Å². The minimum Gasteiger partial charge on any atom is -0.452 e. The average Bonchev–Trinajstić information content (AvgIpc) is 2.66. The summed E-state index contributed by atoms with van der Waals surface area (Å²) in [6.07, 6.45) is 0. The van der Waals surface area contributed by atoms with Gasteiger partial charge in [0.2, 0.25) is 5.91 Å². The number of carbonyl (C=O) groups excluding carboxylic acids is 3. The number of nitrogens with zero attached hydrogens (tertiary/aromatic N) is 1. The van der Waals surface area contributed by atoms with E-state index in [0.717, 1.165) is 6.07 Å². The molecule has 10 heteroatoms. The van der Waals surface area contributed by atoms with Gasteiger partial charge in [-0.05, 0) is 30.3 Å². The van der Waals surface area contributed by atoms with E-state index in [-0.39, 0.29) is 17.2 Å². The standard InChI is InChI=1S/C18H18N4O6/c1-11(23)20-12-3-5-13(6-4-12)21-17(24)10-28-18(25)15-9-14(22(26)27)7-8-16(15)19-2/h3-9,19H,10H2,1-2H3,(H,20,23)(H,21,24). The van der Waals surface area contributed by atoms with E-state index in [4.69, 9.17) is 4.74 Å². The number of rotatable bonds is 7. The number of anilines is 3. The van der Waals surface area contributed by atoms with E-state index in [9.17, 15) is 24.5 Å². The summed E-state index contributed by atoms with van der Waals surface area (Å²) in [7, 11) is 1.55. The summed E-state index contributed by atoms with van der Waals surface area (Å²) in [5.74, 6) is -1.67. The molecule has 0 aliphatic heterocycles. The minimum atomic E-state index is -0.871. The Balaban J connectivity index is 1.97. The topological polar surface area (TPSA) is 140 Å². The maximum absolute atomic E-state index is 12.2. The van der Waals surface area contributed by atoms with Gasteiger partial charge in [0.05, 0.1) is 10.5 Å². The monoisotopic (exact) mass is 386 g/mol. The zero-order valence-corrected chi connectivity index (χ0v) is 15.1. The van der Waals surface area contributed by atoms with E-state index >= 15 is 0 Å².